The zero-order chi connectivity index (χ0) is 13.0. The first-order valence-corrected chi connectivity index (χ1v) is 6.80. The molecule has 2 aromatic rings. The maximum absolute atomic E-state index is 11.5. The first-order chi connectivity index (χ1) is 8.63. The Kier molecular flexibility index (Phi) is 4.27. The van der Waals surface area contributed by atoms with Crippen molar-refractivity contribution in [1.29, 1.82) is 0 Å². The molecule has 2 aromatic heterocycles. The third-order valence-electron chi connectivity index (χ3n) is 2.01. The number of thiophene rings is 1. The van der Waals surface area contributed by atoms with Crippen molar-refractivity contribution in [3.05, 3.63) is 38.6 Å². The van der Waals surface area contributed by atoms with Crippen LogP contribution in [0.2, 0.25) is 0 Å². The molecule has 0 aliphatic heterocycles. The number of nitrogens with zero attached hydrogens (tertiary/aromatic N) is 2. The smallest absolute Gasteiger partial charge is 0.244 e. The van der Waals surface area contributed by atoms with Gasteiger partial charge in [-0.05, 0) is 39.0 Å². The second kappa shape index (κ2) is 5.92. The van der Waals surface area contributed by atoms with Gasteiger partial charge in [0.05, 0.1) is 10.3 Å². The molecule has 0 saturated heterocycles. The van der Waals surface area contributed by atoms with Crippen LogP contribution in [0.15, 0.2) is 25.8 Å². The van der Waals surface area contributed by atoms with Crippen molar-refractivity contribution in [2.24, 2.45) is 0 Å². The van der Waals surface area contributed by atoms with E-state index in [0.717, 1.165) is 9.35 Å². The van der Waals surface area contributed by atoms with E-state index in [2.05, 4.69) is 31.4 Å². The molecule has 0 atom stereocenters. The van der Waals surface area contributed by atoms with Gasteiger partial charge in [0.25, 0.3) is 0 Å². The van der Waals surface area contributed by atoms with Crippen molar-refractivity contribution in [3.63, 3.8) is 0 Å². The van der Waals surface area contributed by atoms with Crippen LogP contribution in [0.25, 0.3) is 6.08 Å². The monoisotopic (exact) mass is 327 g/mol. The van der Waals surface area contributed by atoms with Gasteiger partial charge >= 0.3 is 0 Å². The molecule has 7 heteroatoms. The number of aryl methyl sites for hydroxylation is 1. The predicted molar refractivity (Wildman–Crippen MR) is 71.9 cm³/mol. The van der Waals surface area contributed by atoms with Gasteiger partial charge in [0.2, 0.25) is 11.8 Å². The summed E-state index contributed by atoms with van der Waals surface area (Å²) in [7, 11) is 0. The minimum Gasteiger partial charge on any atom is -0.345 e. The number of hydrogen-bond donors (Lipinski definition) is 1. The molecule has 0 aliphatic rings. The van der Waals surface area contributed by atoms with Crippen LogP contribution in [-0.2, 0) is 11.3 Å². The van der Waals surface area contributed by atoms with Gasteiger partial charge in [-0.3, -0.25) is 4.79 Å². The fraction of sp³-hybridized carbons (Fsp3) is 0.182. The Morgan fingerprint density at radius 2 is 2.50 bits per heavy atom. The van der Waals surface area contributed by atoms with Crippen LogP contribution in [0.3, 0.4) is 0 Å². The summed E-state index contributed by atoms with van der Waals surface area (Å²) in [6.45, 7) is 1.96. The molecule has 18 heavy (non-hydrogen) atoms. The maximum atomic E-state index is 11.5. The standard InChI is InChI=1S/C11H10BrN3O2S/c1-7-14-10(15-17-7)5-13-11(16)3-2-8-4-9(12)18-6-8/h2-4,6H,5H2,1H3,(H,13,16)/b3-2-. The molecule has 5 nitrogen and oxygen atoms in total. The Balaban J connectivity index is 1.83. The molecule has 0 bridgehead atoms. The molecule has 1 N–H and O–H groups in total. The molecule has 0 saturated carbocycles. The fourth-order valence-corrected chi connectivity index (χ4v) is 2.37. The number of halogens is 1. The molecule has 94 valence electrons. The SMILES string of the molecule is Cc1nc(CNC(=O)/C=C\c2csc(Br)c2)no1. The topological polar surface area (TPSA) is 68.0 Å². The van der Waals surface area contributed by atoms with E-state index < -0.39 is 0 Å². The lowest BCUT2D eigenvalue weighted by Gasteiger charge is -1.95. The van der Waals surface area contributed by atoms with Crippen LogP contribution in [0.1, 0.15) is 17.3 Å². The van der Waals surface area contributed by atoms with Crippen molar-refractivity contribution in [2.45, 2.75) is 13.5 Å². The number of rotatable bonds is 4. The number of carbonyl (C=O) groups is 1. The summed E-state index contributed by atoms with van der Waals surface area (Å²) in [6, 6.07) is 1.94. The molecule has 0 spiro atoms. The van der Waals surface area contributed by atoms with Crippen molar-refractivity contribution in [2.75, 3.05) is 0 Å². The fourth-order valence-electron chi connectivity index (χ4n) is 1.22. The highest BCUT2D eigenvalue weighted by Gasteiger charge is 2.03. The number of aromatic nitrogens is 2. The van der Waals surface area contributed by atoms with E-state index in [9.17, 15) is 4.79 Å². The minimum absolute atomic E-state index is 0.195. The molecular formula is C11H10BrN3O2S. The highest BCUT2D eigenvalue weighted by Crippen LogP contribution is 2.21. The molecule has 1 amide bonds. The first-order valence-electron chi connectivity index (χ1n) is 5.12. The summed E-state index contributed by atoms with van der Waals surface area (Å²) in [5, 5.41) is 8.30. The van der Waals surface area contributed by atoms with E-state index in [4.69, 9.17) is 4.52 Å². The molecule has 0 fully saturated rings. The van der Waals surface area contributed by atoms with Gasteiger partial charge in [0, 0.05) is 13.0 Å². The van der Waals surface area contributed by atoms with Crippen LogP contribution in [-0.4, -0.2) is 16.0 Å². The van der Waals surface area contributed by atoms with Crippen molar-refractivity contribution < 1.29 is 9.32 Å². The van der Waals surface area contributed by atoms with Crippen molar-refractivity contribution in [1.82, 2.24) is 15.5 Å². The second-order valence-corrected chi connectivity index (χ2v) is 5.76. The lowest BCUT2D eigenvalue weighted by atomic mass is 10.3. The summed E-state index contributed by atoms with van der Waals surface area (Å²) in [5.74, 6) is 0.755. The Morgan fingerprint density at radius 1 is 1.67 bits per heavy atom. The second-order valence-electron chi connectivity index (χ2n) is 3.46. The Bertz CT molecular complexity index is 576. The predicted octanol–water partition coefficient (Wildman–Crippen LogP) is 2.53. The van der Waals surface area contributed by atoms with Crippen LogP contribution >= 0.6 is 27.3 Å². The van der Waals surface area contributed by atoms with Crippen LogP contribution < -0.4 is 5.32 Å². The van der Waals surface area contributed by atoms with Gasteiger partial charge in [-0.15, -0.1) is 11.3 Å². The Morgan fingerprint density at radius 3 is 3.11 bits per heavy atom. The molecule has 0 unspecified atom stereocenters. The molecular weight excluding hydrogens is 318 g/mol. The summed E-state index contributed by atoms with van der Waals surface area (Å²) < 4.78 is 5.83. The highest BCUT2D eigenvalue weighted by molar-refractivity contribution is 9.11. The summed E-state index contributed by atoms with van der Waals surface area (Å²) in [4.78, 5) is 15.5. The molecule has 0 aliphatic carbocycles. The number of amides is 1. The average Bonchev–Trinajstić information content (AvgIpc) is 2.93. The lowest BCUT2D eigenvalue weighted by Crippen LogP contribution is -2.20. The number of hydrogen-bond acceptors (Lipinski definition) is 5. The van der Waals surface area contributed by atoms with E-state index in [0.29, 0.717) is 11.7 Å². The third kappa shape index (κ3) is 3.78. The van der Waals surface area contributed by atoms with E-state index in [1.54, 1.807) is 24.3 Å². The van der Waals surface area contributed by atoms with E-state index in [-0.39, 0.29) is 12.5 Å². The van der Waals surface area contributed by atoms with Gasteiger partial charge in [0.1, 0.15) is 0 Å². The number of carbonyl (C=O) groups excluding carboxylic acids is 1. The Hall–Kier alpha value is -1.47. The third-order valence-corrected chi connectivity index (χ3v) is 3.53. The Labute approximate surface area is 116 Å². The van der Waals surface area contributed by atoms with Crippen molar-refractivity contribution >= 4 is 39.2 Å². The largest absolute Gasteiger partial charge is 0.345 e. The van der Waals surface area contributed by atoms with Gasteiger partial charge in [0.15, 0.2) is 5.82 Å². The van der Waals surface area contributed by atoms with Crippen LogP contribution in [0.5, 0.6) is 0 Å². The first kappa shape index (κ1) is 13.0. The summed E-state index contributed by atoms with van der Waals surface area (Å²) in [6.07, 6.45) is 3.22. The zero-order valence-corrected chi connectivity index (χ0v) is 11.9. The van der Waals surface area contributed by atoms with Gasteiger partial charge < -0.3 is 9.84 Å². The maximum Gasteiger partial charge on any atom is 0.244 e. The zero-order valence-electron chi connectivity index (χ0n) is 9.51. The summed E-state index contributed by atoms with van der Waals surface area (Å²) >= 11 is 4.93. The highest BCUT2D eigenvalue weighted by atomic mass is 79.9. The van der Waals surface area contributed by atoms with E-state index >= 15 is 0 Å². The number of nitrogens with one attached hydrogen (secondary N) is 1. The quantitative estimate of drug-likeness (QED) is 0.876. The van der Waals surface area contributed by atoms with Gasteiger partial charge in [-0.1, -0.05) is 5.16 Å². The molecule has 2 heterocycles. The van der Waals surface area contributed by atoms with Crippen LogP contribution in [0, 0.1) is 6.92 Å². The molecule has 2 rings (SSSR count). The van der Waals surface area contributed by atoms with Gasteiger partial charge in [-0.25, -0.2) is 0 Å². The van der Waals surface area contributed by atoms with Gasteiger partial charge in [-0.2, -0.15) is 4.98 Å². The summed E-state index contributed by atoms with van der Waals surface area (Å²) in [5.41, 5.74) is 0.984. The van der Waals surface area contributed by atoms with Crippen molar-refractivity contribution in [3.8, 4) is 0 Å². The minimum atomic E-state index is -0.195. The molecule has 0 radical (unpaired) electrons. The molecule has 0 aromatic carbocycles. The normalized spacial score (nSPS) is 11.0. The van der Waals surface area contributed by atoms with E-state index in [1.165, 1.54) is 6.08 Å². The van der Waals surface area contributed by atoms with Crippen LogP contribution in [0.4, 0.5) is 0 Å². The van der Waals surface area contributed by atoms with E-state index in [1.807, 2.05) is 11.4 Å². The average molecular weight is 328 g/mol. The lowest BCUT2D eigenvalue weighted by molar-refractivity contribution is -0.116.